The van der Waals surface area contributed by atoms with Crippen molar-refractivity contribution in [3.8, 4) is 11.5 Å². The summed E-state index contributed by atoms with van der Waals surface area (Å²) in [6, 6.07) is 7.37. The number of methoxy groups -OCH3 is 1. The number of carbonyl (C=O) groups excluding carboxylic acids is 1. The molecule has 0 fully saturated rings. The largest absolute Gasteiger partial charge is 0.497 e. The Labute approximate surface area is 101 Å². The normalized spacial score (nSPS) is 9.76. The van der Waals surface area contributed by atoms with Crippen molar-refractivity contribution >= 4 is 5.91 Å². The molecule has 0 bridgehead atoms. The van der Waals surface area contributed by atoms with Crippen molar-refractivity contribution in [1.82, 2.24) is 5.32 Å². The number of amides is 1. The molecule has 94 valence electrons. The average Bonchev–Trinajstić information content (AvgIpc) is 2.38. The average molecular weight is 238 g/mol. The third-order valence-corrected chi connectivity index (χ3v) is 2.16. The minimum absolute atomic E-state index is 0.0271. The quantitative estimate of drug-likeness (QED) is 0.680. The Morgan fingerprint density at radius 3 is 2.53 bits per heavy atom. The number of benzene rings is 1. The van der Waals surface area contributed by atoms with Crippen LogP contribution in [0.5, 0.6) is 11.5 Å². The first-order chi connectivity index (χ1) is 8.26. The van der Waals surface area contributed by atoms with Gasteiger partial charge in [0.05, 0.1) is 20.3 Å². The maximum Gasteiger partial charge on any atom is 0.233 e. The predicted octanol–water partition coefficient (Wildman–Crippen LogP) is 0.539. The molecule has 1 rings (SSSR count). The van der Waals surface area contributed by atoms with Crippen LogP contribution in [0.4, 0.5) is 0 Å². The number of rotatable bonds is 7. The van der Waals surface area contributed by atoms with Gasteiger partial charge in [-0.25, -0.2) is 0 Å². The summed E-state index contributed by atoms with van der Waals surface area (Å²) < 4.78 is 10.5. The predicted molar refractivity (Wildman–Crippen MR) is 65.2 cm³/mol. The smallest absolute Gasteiger partial charge is 0.233 e. The number of hydrogen-bond acceptors (Lipinski definition) is 4. The van der Waals surface area contributed by atoms with Gasteiger partial charge in [0.25, 0.3) is 0 Å². The molecular weight excluding hydrogens is 220 g/mol. The summed E-state index contributed by atoms with van der Waals surface area (Å²) in [6.07, 6.45) is 0.748. The van der Waals surface area contributed by atoms with Gasteiger partial charge in [-0.2, -0.15) is 0 Å². The molecule has 0 saturated heterocycles. The van der Waals surface area contributed by atoms with Crippen LogP contribution in [0.1, 0.15) is 6.42 Å². The monoisotopic (exact) mass is 238 g/mol. The third kappa shape index (κ3) is 5.21. The van der Waals surface area contributed by atoms with E-state index in [9.17, 15) is 4.79 Å². The van der Waals surface area contributed by atoms with Crippen molar-refractivity contribution in [1.29, 1.82) is 0 Å². The summed E-state index contributed by atoms with van der Waals surface area (Å²) in [5.74, 6) is 1.44. The van der Waals surface area contributed by atoms with Crippen LogP contribution in [0.3, 0.4) is 0 Å². The zero-order valence-corrected chi connectivity index (χ0v) is 9.94. The fraction of sp³-hybridized carbons (Fsp3) is 0.417. The van der Waals surface area contributed by atoms with Gasteiger partial charge in [-0.05, 0) is 30.7 Å². The Morgan fingerprint density at radius 2 is 1.94 bits per heavy atom. The fourth-order valence-corrected chi connectivity index (χ4v) is 1.23. The molecule has 1 amide bonds. The molecule has 0 spiro atoms. The Balaban J connectivity index is 2.15. The molecule has 0 unspecified atom stereocenters. The first-order valence-corrected chi connectivity index (χ1v) is 5.50. The van der Waals surface area contributed by atoms with Gasteiger partial charge >= 0.3 is 0 Å². The van der Waals surface area contributed by atoms with Crippen molar-refractivity contribution < 1.29 is 14.3 Å². The van der Waals surface area contributed by atoms with Crippen molar-refractivity contribution in [2.45, 2.75) is 6.42 Å². The molecule has 0 heterocycles. The molecule has 0 aliphatic carbocycles. The number of hydrogen-bond donors (Lipinski definition) is 2. The van der Waals surface area contributed by atoms with Gasteiger partial charge in [0.1, 0.15) is 11.5 Å². The van der Waals surface area contributed by atoms with Crippen LogP contribution in [-0.2, 0) is 4.79 Å². The van der Waals surface area contributed by atoms with Crippen LogP contribution in [-0.4, -0.2) is 32.7 Å². The molecule has 0 aromatic heterocycles. The summed E-state index contributed by atoms with van der Waals surface area (Å²) in [5, 5.41) is 2.67. The molecule has 5 nitrogen and oxygen atoms in total. The van der Waals surface area contributed by atoms with Crippen molar-refractivity contribution in [3.05, 3.63) is 24.3 Å². The summed E-state index contributed by atoms with van der Waals surface area (Å²) in [6.45, 7) is 1.16. The van der Waals surface area contributed by atoms with Crippen LogP contribution in [0.2, 0.25) is 0 Å². The molecule has 1 aromatic carbocycles. The van der Waals surface area contributed by atoms with E-state index in [1.165, 1.54) is 0 Å². The van der Waals surface area contributed by atoms with Crippen LogP contribution < -0.4 is 20.5 Å². The Hall–Kier alpha value is -1.75. The lowest BCUT2D eigenvalue weighted by Crippen LogP contribution is -2.31. The van der Waals surface area contributed by atoms with Gasteiger partial charge in [-0.1, -0.05) is 0 Å². The van der Waals surface area contributed by atoms with Gasteiger partial charge in [0, 0.05) is 6.54 Å². The maximum atomic E-state index is 10.8. The molecule has 0 saturated carbocycles. The van der Waals surface area contributed by atoms with Crippen molar-refractivity contribution in [2.75, 3.05) is 26.8 Å². The molecule has 0 atom stereocenters. The first-order valence-electron chi connectivity index (χ1n) is 5.50. The molecular formula is C12H18N2O3. The summed E-state index contributed by atoms with van der Waals surface area (Å²) in [5.41, 5.74) is 5.15. The SMILES string of the molecule is COc1ccc(OCCCNC(=O)CN)cc1. The van der Waals surface area contributed by atoms with E-state index in [0.717, 1.165) is 17.9 Å². The van der Waals surface area contributed by atoms with Gasteiger partial charge in [-0.15, -0.1) is 0 Å². The minimum atomic E-state index is -0.144. The molecule has 17 heavy (non-hydrogen) atoms. The topological polar surface area (TPSA) is 73.6 Å². The highest BCUT2D eigenvalue weighted by Crippen LogP contribution is 2.16. The van der Waals surface area contributed by atoms with Gasteiger partial charge < -0.3 is 20.5 Å². The number of carbonyl (C=O) groups is 1. The Bertz CT molecular complexity index is 338. The third-order valence-electron chi connectivity index (χ3n) is 2.16. The van der Waals surface area contributed by atoms with Gasteiger partial charge in [0.2, 0.25) is 5.91 Å². The summed E-state index contributed by atoms with van der Waals surface area (Å²) in [4.78, 5) is 10.8. The first kappa shape index (κ1) is 13.3. The van der Waals surface area contributed by atoms with E-state index in [2.05, 4.69) is 5.32 Å². The molecule has 5 heteroatoms. The molecule has 1 aromatic rings. The second-order valence-electron chi connectivity index (χ2n) is 3.43. The highest BCUT2D eigenvalue weighted by molar-refractivity contribution is 5.77. The fourth-order valence-electron chi connectivity index (χ4n) is 1.23. The summed E-state index contributed by atoms with van der Waals surface area (Å²) in [7, 11) is 1.62. The van der Waals surface area contributed by atoms with Gasteiger partial charge in [0.15, 0.2) is 0 Å². The van der Waals surface area contributed by atoms with Crippen LogP contribution >= 0.6 is 0 Å². The number of nitrogens with one attached hydrogen (secondary N) is 1. The van der Waals surface area contributed by atoms with Crippen LogP contribution in [0.25, 0.3) is 0 Å². The van der Waals surface area contributed by atoms with Crippen LogP contribution in [0.15, 0.2) is 24.3 Å². The van der Waals surface area contributed by atoms with E-state index in [1.807, 2.05) is 24.3 Å². The Kier molecular flexibility index (Phi) is 5.88. The van der Waals surface area contributed by atoms with Crippen molar-refractivity contribution in [3.63, 3.8) is 0 Å². The summed E-state index contributed by atoms with van der Waals surface area (Å²) >= 11 is 0. The lowest BCUT2D eigenvalue weighted by atomic mass is 10.3. The lowest BCUT2D eigenvalue weighted by Gasteiger charge is -2.07. The Morgan fingerprint density at radius 1 is 1.29 bits per heavy atom. The maximum absolute atomic E-state index is 10.8. The zero-order chi connectivity index (χ0) is 12.5. The zero-order valence-electron chi connectivity index (χ0n) is 9.94. The minimum Gasteiger partial charge on any atom is -0.497 e. The van der Waals surface area contributed by atoms with E-state index in [4.69, 9.17) is 15.2 Å². The van der Waals surface area contributed by atoms with E-state index >= 15 is 0 Å². The second kappa shape index (κ2) is 7.51. The van der Waals surface area contributed by atoms with E-state index in [-0.39, 0.29) is 12.5 Å². The molecule has 0 aliphatic heterocycles. The second-order valence-corrected chi connectivity index (χ2v) is 3.43. The standard InChI is InChI=1S/C12H18N2O3/c1-16-10-3-5-11(6-4-10)17-8-2-7-14-12(15)9-13/h3-6H,2,7-9,13H2,1H3,(H,14,15). The van der Waals surface area contributed by atoms with Gasteiger partial charge in [-0.3, -0.25) is 4.79 Å². The molecule has 3 N–H and O–H groups in total. The molecule has 0 radical (unpaired) electrons. The van der Waals surface area contributed by atoms with Crippen molar-refractivity contribution in [2.24, 2.45) is 5.73 Å². The number of ether oxygens (including phenoxy) is 2. The number of nitrogens with two attached hydrogens (primary N) is 1. The highest BCUT2D eigenvalue weighted by Gasteiger charge is 1.97. The molecule has 0 aliphatic rings. The van der Waals surface area contributed by atoms with Crippen LogP contribution in [0, 0.1) is 0 Å². The lowest BCUT2D eigenvalue weighted by molar-refractivity contribution is -0.119. The van der Waals surface area contributed by atoms with E-state index in [1.54, 1.807) is 7.11 Å². The highest BCUT2D eigenvalue weighted by atomic mass is 16.5. The van der Waals surface area contributed by atoms with E-state index < -0.39 is 0 Å². The van der Waals surface area contributed by atoms with E-state index in [0.29, 0.717) is 13.2 Å².